The van der Waals surface area contributed by atoms with Gasteiger partial charge in [-0.3, -0.25) is 9.59 Å². The molecule has 0 aliphatic carbocycles. The van der Waals surface area contributed by atoms with Gasteiger partial charge in [0, 0.05) is 11.4 Å². The number of ether oxygens (including phenoxy) is 1. The molecule has 2 aliphatic heterocycles. The van der Waals surface area contributed by atoms with Crippen LogP contribution in [0.15, 0.2) is 0 Å². The first-order valence-electron chi connectivity index (χ1n) is 8.89. The molecule has 1 unspecified atom stereocenters. The smallest absolute Gasteiger partial charge is 0.254 e. The minimum absolute atomic E-state index is 0.0469. The van der Waals surface area contributed by atoms with Crippen molar-refractivity contribution in [1.29, 1.82) is 0 Å². The fourth-order valence-corrected chi connectivity index (χ4v) is 4.73. The van der Waals surface area contributed by atoms with Crippen molar-refractivity contribution in [3.8, 4) is 0 Å². The second-order valence-electron chi connectivity index (χ2n) is 7.86. The fourth-order valence-electron chi connectivity index (χ4n) is 3.66. The average Bonchev–Trinajstić information content (AvgIpc) is 2.96. The largest absolute Gasteiger partial charge is 0.338 e. The highest BCUT2D eigenvalue weighted by molar-refractivity contribution is 7.11. The van der Waals surface area contributed by atoms with E-state index in [2.05, 4.69) is 31.1 Å². The topological polar surface area (TPSA) is 71.5 Å². The zero-order valence-electron chi connectivity index (χ0n) is 15.6. The van der Waals surface area contributed by atoms with Crippen molar-refractivity contribution in [3.05, 3.63) is 15.6 Å². The molecule has 0 radical (unpaired) electrons. The van der Waals surface area contributed by atoms with E-state index in [9.17, 15) is 9.59 Å². The normalized spacial score (nSPS) is 25.7. The van der Waals surface area contributed by atoms with E-state index < -0.39 is 11.3 Å². The maximum absolute atomic E-state index is 12.8. The molecule has 138 valence electrons. The van der Waals surface area contributed by atoms with Crippen LogP contribution >= 0.6 is 11.3 Å². The van der Waals surface area contributed by atoms with Gasteiger partial charge in [0.2, 0.25) is 5.91 Å². The molecule has 1 aromatic heterocycles. The van der Waals surface area contributed by atoms with Crippen LogP contribution in [0.1, 0.15) is 62.0 Å². The minimum atomic E-state index is -0.843. The van der Waals surface area contributed by atoms with Gasteiger partial charge in [0.15, 0.2) is 5.72 Å². The van der Waals surface area contributed by atoms with Gasteiger partial charge in [0.05, 0.1) is 18.7 Å². The number of likely N-dealkylation sites (tertiary alicyclic amines) is 1. The SMILES string of the molecule is Cc1sc(CC(=O)N2CCCC3(C2)NC(=O)C(C)(C)O3)nc1C(C)C. The zero-order valence-corrected chi connectivity index (χ0v) is 16.5. The van der Waals surface area contributed by atoms with Gasteiger partial charge in [-0.05, 0) is 39.5 Å². The Morgan fingerprint density at radius 3 is 2.72 bits per heavy atom. The first kappa shape index (κ1) is 18.3. The van der Waals surface area contributed by atoms with Gasteiger partial charge in [0.1, 0.15) is 10.6 Å². The van der Waals surface area contributed by atoms with Gasteiger partial charge in [-0.15, -0.1) is 11.3 Å². The van der Waals surface area contributed by atoms with E-state index in [0.29, 0.717) is 25.4 Å². The first-order chi connectivity index (χ1) is 11.6. The molecular weight excluding hydrogens is 338 g/mol. The molecule has 1 spiro atoms. The van der Waals surface area contributed by atoms with E-state index in [1.54, 1.807) is 30.1 Å². The molecule has 3 rings (SSSR count). The van der Waals surface area contributed by atoms with E-state index in [1.165, 1.54) is 4.88 Å². The number of carbonyl (C=O) groups is 2. The Labute approximate surface area is 153 Å². The Hall–Kier alpha value is -1.47. The molecule has 0 bridgehead atoms. The third-order valence-electron chi connectivity index (χ3n) is 4.87. The van der Waals surface area contributed by atoms with Crippen LogP contribution in [-0.4, -0.2) is 46.1 Å². The Morgan fingerprint density at radius 1 is 1.44 bits per heavy atom. The molecule has 1 aromatic rings. The molecule has 1 N–H and O–H groups in total. The summed E-state index contributed by atoms with van der Waals surface area (Å²) in [6, 6.07) is 0. The summed E-state index contributed by atoms with van der Waals surface area (Å²) in [6.07, 6.45) is 1.86. The second kappa shape index (κ2) is 6.36. The van der Waals surface area contributed by atoms with E-state index >= 15 is 0 Å². The van der Waals surface area contributed by atoms with Gasteiger partial charge >= 0.3 is 0 Å². The number of amides is 2. The summed E-state index contributed by atoms with van der Waals surface area (Å²) in [5, 5.41) is 3.83. The Kier molecular flexibility index (Phi) is 4.66. The van der Waals surface area contributed by atoms with Gasteiger partial charge in [-0.2, -0.15) is 0 Å². The van der Waals surface area contributed by atoms with Crippen molar-refractivity contribution in [1.82, 2.24) is 15.2 Å². The van der Waals surface area contributed by atoms with E-state index in [-0.39, 0.29) is 11.8 Å². The summed E-state index contributed by atoms with van der Waals surface area (Å²) in [6.45, 7) is 10.9. The van der Waals surface area contributed by atoms with Gasteiger partial charge in [-0.25, -0.2) is 4.98 Å². The Bertz CT molecular complexity index is 698. The molecule has 6 nitrogen and oxygen atoms in total. The number of aromatic nitrogens is 1. The number of piperidine rings is 1. The summed E-state index contributed by atoms with van der Waals surface area (Å²) in [7, 11) is 0. The third kappa shape index (κ3) is 3.58. The maximum atomic E-state index is 12.8. The standard InChI is InChI=1S/C18H27N3O3S/c1-11(2)15-12(3)25-13(19-15)9-14(22)21-8-6-7-18(10-21)20-16(23)17(4,5)24-18/h11H,6-10H2,1-5H3,(H,20,23). The van der Waals surface area contributed by atoms with E-state index in [0.717, 1.165) is 23.5 Å². The molecule has 7 heteroatoms. The number of hydrogen-bond acceptors (Lipinski definition) is 5. The predicted octanol–water partition coefficient (Wildman–Crippen LogP) is 2.36. The van der Waals surface area contributed by atoms with Gasteiger partial charge in [0.25, 0.3) is 5.91 Å². The molecule has 2 fully saturated rings. The minimum Gasteiger partial charge on any atom is -0.338 e. The number of nitrogens with one attached hydrogen (secondary N) is 1. The van der Waals surface area contributed by atoms with Crippen LogP contribution < -0.4 is 5.32 Å². The van der Waals surface area contributed by atoms with E-state index in [1.807, 2.05) is 0 Å². The van der Waals surface area contributed by atoms with Crippen molar-refractivity contribution in [2.24, 2.45) is 0 Å². The Balaban J connectivity index is 1.69. The lowest BCUT2D eigenvalue weighted by Gasteiger charge is -2.40. The quantitative estimate of drug-likeness (QED) is 0.893. The molecule has 1 atom stereocenters. The fraction of sp³-hybridized carbons (Fsp3) is 0.722. The van der Waals surface area contributed by atoms with Crippen LogP contribution in [0.3, 0.4) is 0 Å². The molecule has 2 saturated heterocycles. The summed E-state index contributed by atoms with van der Waals surface area (Å²) >= 11 is 1.60. The molecular formula is C18H27N3O3S. The van der Waals surface area contributed by atoms with E-state index in [4.69, 9.17) is 4.74 Å². The molecule has 2 aliphatic rings. The number of aryl methyl sites for hydroxylation is 1. The maximum Gasteiger partial charge on any atom is 0.254 e. The summed E-state index contributed by atoms with van der Waals surface area (Å²) in [4.78, 5) is 32.5. The molecule has 0 aromatic carbocycles. The highest BCUT2D eigenvalue weighted by atomic mass is 32.1. The van der Waals surface area contributed by atoms with Crippen molar-refractivity contribution >= 4 is 23.2 Å². The molecule has 25 heavy (non-hydrogen) atoms. The van der Waals surface area contributed by atoms with Crippen LogP contribution in [0.4, 0.5) is 0 Å². The van der Waals surface area contributed by atoms with Gasteiger partial charge < -0.3 is 15.0 Å². The molecule has 0 saturated carbocycles. The van der Waals surface area contributed by atoms with Crippen molar-refractivity contribution in [2.75, 3.05) is 13.1 Å². The van der Waals surface area contributed by atoms with Crippen LogP contribution in [-0.2, 0) is 20.7 Å². The summed E-state index contributed by atoms with van der Waals surface area (Å²) in [5.41, 5.74) is -0.503. The lowest BCUT2D eigenvalue weighted by molar-refractivity contribution is -0.152. The van der Waals surface area contributed by atoms with Crippen molar-refractivity contribution in [2.45, 2.75) is 71.1 Å². The monoisotopic (exact) mass is 365 g/mol. The molecule has 2 amide bonds. The predicted molar refractivity (Wildman–Crippen MR) is 96.5 cm³/mol. The number of nitrogens with zero attached hydrogens (tertiary/aromatic N) is 2. The zero-order chi connectivity index (χ0) is 18.4. The lowest BCUT2D eigenvalue weighted by Crippen LogP contribution is -2.57. The van der Waals surface area contributed by atoms with Crippen LogP contribution in [0.25, 0.3) is 0 Å². The summed E-state index contributed by atoms with van der Waals surface area (Å²) in [5.74, 6) is 0.298. The highest BCUT2D eigenvalue weighted by Crippen LogP contribution is 2.34. The van der Waals surface area contributed by atoms with Crippen LogP contribution in [0, 0.1) is 6.92 Å². The molecule has 3 heterocycles. The van der Waals surface area contributed by atoms with Gasteiger partial charge in [-0.1, -0.05) is 13.8 Å². The average molecular weight is 365 g/mol. The number of hydrogen-bond donors (Lipinski definition) is 1. The number of thiazole rings is 1. The Morgan fingerprint density at radius 2 is 2.16 bits per heavy atom. The van der Waals surface area contributed by atoms with Crippen molar-refractivity contribution < 1.29 is 14.3 Å². The lowest BCUT2D eigenvalue weighted by atomic mass is 10.0. The van der Waals surface area contributed by atoms with Crippen LogP contribution in [0.2, 0.25) is 0 Å². The first-order valence-corrected chi connectivity index (χ1v) is 9.70. The summed E-state index contributed by atoms with van der Waals surface area (Å²) < 4.78 is 6.01. The third-order valence-corrected chi connectivity index (χ3v) is 5.86. The number of rotatable bonds is 3. The highest BCUT2D eigenvalue weighted by Gasteiger charge is 2.52. The van der Waals surface area contributed by atoms with Crippen LogP contribution in [0.5, 0.6) is 0 Å². The van der Waals surface area contributed by atoms with Crippen molar-refractivity contribution in [3.63, 3.8) is 0 Å². The number of carbonyl (C=O) groups excluding carboxylic acids is 2. The second-order valence-corrected chi connectivity index (χ2v) is 9.15.